The van der Waals surface area contributed by atoms with Crippen LogP contribution in [0.5, 0.6) is 0 Å². The molecular formula is C9H12N2. The molecule has 0 saturated heterocycles. The predicted molar refractivity (Wildman–Crippen MR) is 45.8 cm³/mol. The van der Waals surface area contributed by atoms with Gasteiger partial charge in [0.2, 0.25) is 0 Å². The van der Waals surface area contributed by atoms with E-state index in [0.717, 1.165) is 6.42 Å². The molecule has 2 rings (SSSR count). The molecule has 1 aromatic rings. The number of rotatable bonds is 0. The quantitative estimate of drug-likeness (QED) is 0.553. The first-order valence-electron chi connectivity index (χ1n) is 3.96. The average molecular weight is 148 g/mol. The van der Waals surface area contributed by atoms with Gasteiger partial charge in [-0.2, -0.15) is 0 Å². The molecule has 2 heteroatoms. The fourth-order valence-corrected chi connectivity index (χ4v) is 1.56. The molecule has 1 unspecified atom stereocenters. The highest BCUT2D eigenvalue weighted by atomic mass is 15.2. The van der Waals surface area contributed by atoms with Gasteiger partial charge in [0.15, 0.2) is 0 Å². The lowest BCUT2D eigenvalue weighted by Crippen LogP contribution is -2.23. The SMILES string of the molecule is CC1Cc2ncccc2N1C. The number of likely N-dealkylation sites (N-methyl/N-ethyl adjacent to an activating group) is 1. The molecule has 58 valence electrons. The van der Waals surface area contributed by atoms with Gasteiger partial charge in [-0.15, -0.1) is 0 Å². The minimum atomic E-state index is 0.611. The summed E-state index contributed by atoms with van der Waals surface area (Å²) in [6, 6.07) is 4.74. The molecule has 0 aliphatic carbocycles. The smallest absolute Gasteiger partial charge is 0.0657 e. The predicted octanol–water partition coefficient (Wildman–Crippen LogP) is 1.46. The fraction of sp³-hybridized carbons (Fsp3) is 0.444. The molecule has 2 nitrogen and oxygen atoms in total. The Morgan fingerprint density at radius 2 is 2.45 bits per heavy atom. The maximum absolute atomic E-state index is 4.32. The van der Waals surface area contributed by atoms with Crippen molar-refractivity contribution in [3.05, 3.63) is 24.0 Å². The lowest BCUT2D eigenvalue weighted by Gasteiger charge is -2.17. The van der Waals surface area contributed by atoms with E-state index >= 15 is 0 Å². The minimum Gasteiger partial charge on any atom is -0.370 e. The minimum absolute atomic E-state index is 0.611. The number of anilines is 1. The molecule has 1 aliphatic rings. The molecule has 0 radical (unpaired) electrons. The van der Waals surface area contributed by atoms with E-state index in [1.807, 2.05) is 12.3 Å². The first kappa shape index (κ1) is 6.65. The third-order valence-corrected chi connectivity index (χ3v) is 2.40. The highest BCUT2D eigenvalue weighted by Gasteiger charge is 2.22. The Labute approximate surface area is 66.9 Å². The van der Waals surface area contributed by atoms with Gasteiger partial charge in [-0.3, -0.25) is 4.98 Å². The molecule has 0 bridgehead atoms. The number of pyridine rings is 1. The van der Waals surface area contributed by atoms with Gasteiger partial charge in [0.05, 0.1) is 11.4 Å². The molecule has 0 fully saturated rings. The molecular weight excluding hydrogens is 136 g/mol. The lowest BCUT2D eigenvalue weighted by atomic mass is 10.2. The summed E-state index contributed by atoms with van der Waals surface area (Å²) in [5.74, 6) is 0. The third kappa shape index (κ3) is 0.897. The third-order valence-electron chi connectivity index (χ3n) is 2.40. The summed E-state index contributed by atoms with van der Waals surface area (Å²) in [4.78, 5) is 6.60. The second-order valence-corrected chi connectivity index (χ2v) is 3.13. The van der Waals surface area contributed by atoms with Crippen LogP contribution in [0.25, 0.3) is 0 Å². The van der Waals surface area contributed by atoms with Gasteiger partial charge in [-0.25, -0.2) is 0 Å². The molecule has 0 amide bonds. The van der Waals surface area contributed by atoms with Crippen LogP contribution in [-0.2, 0) is 6.42 Å². The van der Waals surface area contributed by atoms with Gasteiger partial charge >= 0.3 is 0 Å². The zero-order chi connectivity index (χ0) is 7.84. The lowest BCUT2D eigenvalue weighted by molar-refractivity contribution is 0.726. The van der Waals surface area contributed by atoms with Gasteiger partial charge in [-0.1, -0.05) is 0 Å². The maximum Gasteiger partial charge on any atom is 0.0657 e. The van der Waals surface area contributed by atoms with Gasteiger partial charge < -0.3 is 4.90 Å². The fourth-order valence-electron chi connectivity index (χ4n) is 1.56. The number of nitrogens with zero attached hydrogens (tertiary/aromatic N) is 2. The van der Waals surface area contributed by atoms with Crippen LogP contribution in [0.4, 0.5) is 5.69 Å². The normalized spacial score (nSPS) is 22.0. The first-order chi connectivity index (χ1) is 5.29. The number of hydrogen-bond donors (Lipinski definition) is 0. The number of hydrogen-bond acceptors (Lipinski definition) is 2. The van der Waals surface area contributed by atoms with Crippen molar-refractivity contribution < 1.29 is 0 Å². The van der Waals surface area contributed by atoms with Crippen LogP contribution in [0.1, 0.15) is 12.6 Å². The summed E-state index contributed by atoms with van der Waals surface area (Å²) in [6.07, 6.45) is 2.96. The Kier molecular flexibility index (Phi) is 1.34. The zero-order valence-corrected chi connectivity index (χ0v) is 6.91. The van der Waals surface area contributed by atoms with E-state index in [1.54, 1.807) is 0 Å². The topological polar surface area (TPSA) is 16.1 Å². The van der Waals surface area contributed by atoms with E-state index in [1.165, 1.54) is 11.4 Å². The second kappa shape index (κ2) is 2.22. The molecule has 1 aliphatic heterocycles. The van der Waals surface area contributed by atoms with E-state index in [-0.39, 0.29) is 0 Å². The van der Waals surface area contributed by atoms with Crippen LogP contribution < -0.4 is 4.90 Å². The molecule has 1 aromatic heterocycles. The Morgan fingerprint density at radius 1 is 1.64 bits per heavy atom. The van der Waals surface area contributed by atoms with Crippen molar-refractivity contribution in [3.8, 4) is 0 Å². The second-order valence-electron chi connectivity index (χ2n) is 3.13. The summed E-state index contributed by atoms with van der Waals surface area (Å²) in [5.41, 5.74) is 2.53. The molecule has 0 spiro atoms. The average Bonchev–Trinajstić information content (AvgIpc) is 2.30. The molecule has 2 heterocycles. The Morgan fingerprint density at radius 3 is 3.18 bits per heavy atom. The van der Waals surface area contributed by atoms with Gasteiger partial charge in [-0.05, 0) is 19.1 Å². The summed E-state index contributed by atoms with van der Waals surface area (Å²) in [5, 5.41) is 0. The summed E-state index contributed by atoms with van der Waals surface area (Å²) in [6.45, 7) is 2.22. The molecule has 0 aromatic carbocycles. The number of aromatic nitrogens is 1. The van der Waals surface area contributed by atoms with Gasteiger partial charge in [0, 0.05) is 25.7 Å². The van der Waals surface area contributed by atoms with Crippen LogP contribution in [-0.4, -0.2) is 18.1 Å². The van der Waals surface area contributed by atoms with Crippen LogP contribution in [0.3, 0.4) is 0 Å². The van der Waals surface area contributed by atoms with Crippen molar-refractivity contribution in [2.75, 3.05) is 11.9 Å². The monoisotopic (exact) mass is 148 g/mol. The molecule has 0 N–H and O–H groups in total. The summed E-state index contributed by atoms with van der Waals surface area (Å²) < 4.78 is 0. The first-order valence-corrected chi connectivity index (χ1v) is 3.96. The van der Waals surface area contributed by atoms with Crippen molar-refractivity contribution in [1.82, 2.24) is 4.98 Å². The van der Waals surface area contributed by atoms with E-state index in [4.69, 9.17) is 0 Å². The maximum atomic E-state index is 4.32. The van der Waals surface area contributed by atoms with Crippen LogP contribution >= 0.6 is 0 Å². The van der Waals surface area contributed by atoms with Crippen molar-refractivity contribution >= 4 is 5.69 Å². The van der Waals surface area contributed by atoms with Crippen molar-refractivity contribution in [3.63, 3.8) is 0 Å². The standard InChI is InChI=1S/C9H12N2/c1-7-6-8-9(11(7)2)4-3-5-10-8/h3-5,7H,6H2,1-2H3. The molecule has 1 atom stereocenters. The number of fused-ring (bicyclic) bond motifs is 1. The summed E-state index contributed by atoms with van der Waals surface area (Å²) in [7, 11) is 2.12. The van der Waals surface area contributed by atoms with Gasteiger partial charge in [0.1, 0.15) is 0 Å². The summed E-state index contributed by atoms with van der Waals surface area (Å²) >= 11 is 0. The molecule has 0 saturated carbocycles. The van der Waals surface area contributed by atoms with E-state index in [0.29, 0.717) is 6.04 Å². The highest BCUT2D eigenvalue weighted by Crippen LogP contribution is 2.27. The van der Waals surface area contributed by atoms with Crippen molar-refractivity contribution in [1.29, 1.82) is 0 Å². The van der Waals surface area contributed by atoms with Crippen molar-refractivity contribution in [2.24, 2.45) is 0 Å². The van der Waals surface area contributed by atoms with E-state index < -0.39 is 0 Å². The highest BCUT2D eigenvalue weighted by molar-refractivity contribution is 5.55. The Balaban J connectivity index is 2.47. The van der Waals surface area contributed by atoms with Gasteiger partial charge in [0.25, 0.3) is 0 Å². The van der Waals surface area contributed by atoms with Crippen LogP contribution in [0.2, 0.25) is 0 Å². The van der Waals surface area contributed by atoms with Crippen molar-refractivity contribution in [2.45, 2.75) is 19.4 Å². The zero-order valence-electron chi connectivity index (χ0n) is 6.91. The van der Waals surface area contributed by atoms with Crippen LogP contribution in [0.15, 0.2) is 18.3 Å². The molecule has 11 heavy (non-hydrogen) atoms. The van der Waals surface area contributed by atoms with Crippen LogP contribution in [0, 0.1) is 0 Å². The van der Waals surface area contributed by atoms with E-state index in [2.05, 4.69) is 29.9 Å². The Hall–Kier alpha value is -1.05. The Bertz CT molecular complexity index is 270. The largest absolute Gasteiger partial charge is 0.370 e. The van der Waals surface area contributed by atoms with E-state index in [9.17, 15) is 0 Å².